The number of nitrogens with zero attached hydrogens (tertiary/aromatic N) is 10. The molecule has 0 aliphatic heterocycles. The Bertz CT molecular complexity index is 2700. The molecule has 6 aromatic heterocycles. The Morgan fingerprint density at radius 1 is 0.552 bits per heavy atom. The van der Waals surface area contributed by atoms with Crippen LogP contribution >= 0.6 is 11.8 Å². The first-order chi connectivity index (χ1) is 31.7. The SMILES string of the molecule is C.C.CC.CC.CC.CC.CC.CC.CS(=O)c1nccc(-c2c(-c3cccc([N+](=O)[O-])c3)nn3ccccc23)n1.CSc1nccc(-c2c(-c3cccc([N+](=O)[O-])c3)nn3ccccc23)n1. The lowest BCUT2D eigenvalue weighted by atomic mass is 10.0. The van der Waals surface area contributed by atoms with Gasteiger partial charge in [0, 0.05) is 66.4 Å². The van der Waals surface area contributed by atoms with Crippen LogP contribution in [0.4, 0.5) is 11.4 Å². The molecule has 0 saturated heterocycles. The van der Waals surface area contributed by atoms with Gasteiger partial charge in [-0.2, -0.15) is 10.2 Å². The maximum atomic E-state index is 11.8. The number of benzene rings is 2. The number of rotatable bonds is 8. The molecule has 17 heteroatoms. The molecular weight excluding hydrogens is 885 g/mol. The molecule has 0 N–H and O–H groups in total. The van der Waals surface area contributed by atoms with E-state index in [0.29, 0.717) is 38.9 Å². The van der Waals surface area contributed by atoms with E-state index in [-0.39, 0.29) is 31.4 Å². The summed E-state index contributed by atoms with van der Waals surface area (Å²) in [5, 5.41) is 32.4. The molecule has 1 unspecified atom stereocenters. The Labute approximate surface area is 404 Å². The number of hydrogen-bond acceptors (Lipinski definition) is 12. The lowest BCUT2D eigenvalue weighted by molar-refractivity contribution is -0.385. The summed E-state index contributed by atoms with van der Waals surface area (Å²) in [5.41, 5.74) is 6.93. The first-order valence-corrected chi connectivity index (χ1v) is 24.5. The topological polar surface area (TPSA) is 190 Å². The van der Waals surface area contributed by atoms with Crippen molar-refractivity contribution in [1.82, 2.24) is 39.2 Å². The van der Waals surface area contributed by atoms with Crippen molar-refractivity contribution in [2.75, 3.05) is 12.5 Å². The molecule has 0 aliphatic carbocycles. The summed E-state index contributed by atoms with van der Waals surface area (Å²) in [7, 11) is -1.33. The highest BCUT2D eigenvalue weighted by Gasteiger charge is 2.21. The smallest absolute Gasteiger partial charge is 0.258 e. The summed E-state index contributed by atoms with van der Waals surface area (Å²) in [6.07, 6.45) is 10.3. The fourth-order valence-electron chi connectivity index (χ4n) is 5.64. The molecule has 15 nitrogen and oxygen atoms in total. The summed E-state index contributed by atoms with van der Waals surface area (Å²) in [4.78, 5) is 38.7. The normalized spacial score (nSPS) is 9.70. The number of nitro groups is 2. The van der Waals surface area contributed by atoms with E-state index in [1.807, 2.05) is 144 Å². The van der Waals surface area contributed by atoms with E-state index in [9.17, 15) is 24.4 Å². The number of non-ortho nitro benzene ring substituents is 2. The van der Waals surface area contributed by atoms with Crippen LogP contribution in [0.15, 0.2) is 132 Å². The van der Waals surface area contributed by atoms with Crippen molar-refractivity contribution in [1.29, 1.82) is 0 Å². The lowest BCUT2D eigenvalue weighted by Gasteiger charge is -2.04. The molecule has 67 heavy (non-hydrogen) atoms. The van der Waals surface area contributed by atoms with Gasteiger partial charge in [-0.15, -0.1) is 0 Å². The van der Waals surface area contributed by atoms with E-state index in [1.165, 1.54) is 42.3 Å². The van der Waals surface area contributed by atoms with Crippen molar-refractivity contribution in [2.45, 2.75) is 108 Å². The average Bonchev–Trinajstić information content (AvgIpc) is 3.98. The molecule has 362 valence electrons. The Kier molecular flexibility index (Phi) is 31.4. The van der Waals surface area contributed by atoms with Gasteiger partial charge in [0.1, 0.15) is 11.4 Å². The molecule has 2 aromatic carbocycles. The van der Waals surface area contributed by atoms with E-state index in [0.717, 1.165) is 22.3 Å². The molecule has 8 rings (SSSR count). The van der Waals surface area contributed by atoms with Gasteiger partial charge in [-0.25, -0.2) is 29.0 Å². The van der Waals surface area contributed by atoms with Gasteiger partial charge in [0.2, 0.25) is 5.16 Å². The van der Waals surface area contributed by atoms with Crippen LogP contribution in [-0.4, -0.2) is 65.7 Å². The molecule has 6 heterocycles. The van der Waals surface area contributed by atoms with Gasteiger partial charge in [0.05, 0.1) is 54.2 Å². The molecule has 0 fully saturated rings. The van der Waals surface area contributed by atoms with Crippen LogP contribution in [0.5, 0.6) is 0 Å². The monoisotopic (exact) mass is 954 g/mol. The third kappa shape index (κ3) is 16.3. The standard InChI is InChI=1S/C18H13N5O3S.C18H13N5O2S.6C2H6.2CH4/c1-27(26)18-19-9-8-14(20-18)16-15-7-2-3-10-22(15)21-17(16)12-5-4-6-13(11-12)23(24)25;1-26-18-19-9-8-14(20-18)16-15-7-2-3-10-22(15)21-17(16)12-5-4-6-13(11-12)23(24)25;6*1-2;;/h2-11H,1H3;2-11H,1H3;6*1-2H3;2*1H4. The van der Waals surface area contributed by atoms with Crippen molar-refractivity contribution in [3.63, 3.8) is 0 Å². The average molecular weight is 955 g/mol. The van der Waals surface area contributed by atoms with Crippen molar-refractivity contribution in [3.05, 3.63) is 142 Å². The highest BCUT2D eigenvalue weighted by molar-refractivity contribution is 7.98. The minimum Gasteiger partial charge on any atom is -0.258 e. The van der Waals surface area contributed by atoms with Gasteiger partial charge < -0.3 is 0 Å². The van der Waals surface area contributed by atoms with Crippen LogP contribution in [0, 0.1) is 20.2 Å². The van der Waals surface area contributed by atoms with Crippen molar-refractivity contribution in [2.24, 2.45) is 0 Å². The van der Waals surface area contributed by atoms with Gasteiger partial charge in [0.15, 0.2) is 5.16 Å². The van der Waals surface area contributed by atoms with Crippen LogP contribution in [0.1, 0.15) is 97.9 Å². The Balaban J connectivity index is 0. The van der Waals surface area contributed by atoms with Crippen LogP contribution < -0.4 is 0 Å². The summed E-state index contributed by atoms with van der Waals surface area (Å²) >= 11 is 1.45. The maximum Gasteiger partial charge on any atom is 0.270 e. The van der Waals surface area contributed by atoms with Crippen LogP contribution in [-0.2, 0) is 10.8 Å². The molecule has 0 amide bonds. The number of thioether (sulfide) groups is 1. The summed E-state index contributed by atoms with van der Waals surface area (Å²) in [6, 6.07) is 27.7. The molecule has 0 spiro atoms. The predicted octanol–water partition coefficient (Wildman–Crippen LogP) is 14.6. The molecule has 1 atom stereocenters. The predicted molar refractivity (Wildman–Crippen MR) is 282 cm³/mol. The summed E-state index contributed by atoms with van der Waals surface area (Å²) < 4.78 is 15.2. The van der Waals surface area contributed by atoms with E-state index < -0.39 is 20.6 Å². The second kappa shape index (κ2) is 33.7. The first kappa shape index (κ1) is 62.4. The fourth-order valence-corrected chi connectivity index (χ4v) is 6.43. The van der Waals surface area contributed by atoms with Crippen molar-refractivity contribution in [3.8, 4) is 45.0 Å². The zero-order chi connectivity index (χ0) is 49.1. The third-order valence-corrected chi connectivity index (χ3v) is 9.23. The van der Waals surface area contributed by atoms with E-state index in [1.54, 1.807) is 51.9 Å². The molecule has 0 bridgehead atoms. The highest BCUT2D eigenvalue weighted by atomic mass is 32.2. The summed E-state index contributed by atoms with van der Waals surface area (Å²) in [5.74, 6) is 0. The second-order valence-corrected chi connectivity index (χ2v) is 13.3. The number of fused-ring (bicyclic) bond motifs is 2. The lowest BCUT2D eigenvalue weighted by Crippen LogP contribution is -1.98. The molecule has 0 saturated carbocycles. The van der Waals surface area contributed by atoms with E-state index >= 15 is 0 Å². The molecule has 0 aliphatic rings. The zero-order valence-corrected chi connectivity index (χ0v) is 41.5. The van der Waals surface area contributed by atoms with Gasteiger partial charge in [-0.05, 0) is 42.7 Å². The minimum atomic E-state index is -1.33. The number of aromatic nitrogens is 8. The third-order valence-electron chi connectivity index (χ3n) is 7.96. The van der Waals surface area contributed by atoms with Gasteiger partial charge in [0.25, 0.3) is 11.4 Å². The number of pyridine rings is 2. The Morgan fingerprint density at radius 3 is 1.34 bits per heavy atom. The number of hydrogen-bond donors (Lipinski definition) is 0. The fraction of sp³-hybridized carbons (Fsp3) is 0.320. The second-order valence-electron chi connectivity index (χ2n) is 11.2. The molecule has 8 aromatic rings. The zero-order valence-electron chi connectivity index (χ0n) is 39.9. The van der Waals surface area contributed by atoms with E-state index in [2.05, 4.69) is 30.1 Å². The largest absolute Gasteiger partial charge is 0.270 e. The molecule has 0 radical (unpaired) electrons. The van der Waals surface area contributed by atoms with Crippen LogP contribution in [0.3, 0.4) is 0 Å². The van der Waals surface area contributed by atoms with E-state index in [4.69, 9.17) is 0 Å². The Morgan fingerprint density at radius 2 is 0.955 bits per heavy atom. The molecular formula is C50H70N10O5S2. The number of nitro benzene ring substituents is 2. The quantitative estimate of drug-likeness (QED) is 0.0607. The van der Waals surface area contributed by atoms with Crippen molar-refractivity contribution < 1.29 is 14.1 Å². The van der Waals surface area contributed by atoms with Gasteiger partial charge >= 0.3 is 0 Å². The maximum absolute atomic E-state index is 11.8. The first-order valence-electron chi connectivity index (χ1n) is 21.7. The Hall–Kier alpha value is -6.72. The summed E-state index contributed by atoms with van der Waals surface area (Å²) in [6.45, 7) is 24.0. The van der Waals surface area contributed by atoms with Crippen LogP contribution in [0.25, 0.3) is 56.1 Å². The minimum absolute atomic E-state index is 0. The van der Waals surface area contributed by atoms with Crippen LogP contribution in [0.2, 0.25) is 0 Å². The van der Waals surface area contributed by atoms with Crippen molar-refractivity contribution >= 4 is 45.0 Å². The van der Waals surface area contributed by atoms with Gasteiger partial charge in [-0.1, -0.05) is 146 Å². The highest BCUT2D eigenvalue weighted by Crippen LogP contribution is 2.37. The van der Waals surface area contributed by atoms with Gasteiger partial charge in [-0.3, -0.25) is 24.4 Å².